The summed E-state index contributed by atoms with van der Waals surface area (Å²) in [6.07, 6.45) is 3.29. The number of anilines is 1. The van der Waals surface area contributed by atoms with Gasteiger partial charge in [-0.15, -0.1) is 0 Å². The quantitative estimate of drug-likeness (QED) is 0.860. The summed E-state index contributed by atoms with van der Waals surface area (Å²) in [6.45, 7) is 1.95. The number of amides is 1. The molecule has 0 spiro atoms. The van der Waals surface area contributed by atoms with Crippen LogP contribution in [0.2, 0.25) is 5.02 Å². The van der Waals surface area contributed by atoms with Crippen LogP contribution in [0.5, 0.6) is 0 Å². The number of hydrogen-bond donors (Lipinski definition) is 2. The van der Waals surface area contributed by atoms with E-state index in [1.165, 1.54) is 23.7 Å². The molecule has 1 fully saturated rings. The topological polar surface area (TPSA) is 90.0 Å². The van der Waals surface area contributed by atoms with Crippen LogP contribution in [0.15, 0.2) is 41.2 Å². The second-order valence-electron chi connectivity index (χ2n) is 6.91. The van der Waals surface area contributed by atoms with Gasteiger partial charge in [0, 0.05) is 30.0 Å². The molecule has 1 heterocycles. The molecule has 1 aliphatic rings. The number of nitrogens with zero attached hydrogens (tertiary/aromatic N) is 2. The van der Waals surface area contributed by atoms with E-state index in [-0.39, 0.29) is 22.9 Å². The zero-order valence-corrected chi connectivity index (χ0v) is 15.5. The largest absolute Gasteiger partial charge is 0.330 e. The summed E-state index contributed by atoms with van der Waals surface area (Å²) in [7, 11) is 0. The molecule has 2 aromatic rings. The van der Waals surface area contributed by atoms with Crippen molar-refractivity contribution < 1.29 is 4.79 Å². The highest BCUT2D eigenvalue weighted by atomic mass is 35.5. The fourth-order valence-electron chi connectivity index (χ4n) is 3.76. The Morgan fingerprint density at radius 2 is 2.08 bits per heavy atom. The fourth-order valence-corrected chi connectivity index (χ4v) is 3.95. The van der Waals surface area contributed by atoms with Crippen molar-refractivity contribution in [2.45, 2.75) is 44.1 Å². The number of hydrogen-bond acceptors (Lipinski definition) is 4. The number of halogens is 1. The second-order valence-corrected chi connectivity index (χ2v) is 7.34. The number of nitrogens with two attached hydrogens (primary N) is 1. The van der Waals surface area contributed by atoms with Gasteiger partial charge in [-0.3, -0.25) is 9.59 Å². The molecular formula is C19H23ClN4O2. The first-order chi connectivity index (χ1) is 12.4. The molecule has 0 saturated heterocycles. The van der Waals surface area contributed by atoms with E-state index in [0.29, 0.717) is 17.4 Å². The first-order valence-electron chi connectivity index (χ1n) is 8.77. The third-order valence-electron chi connectivity index (χ3n) is 5.21. The smallest absolute Gasteiger partial charge is 0.267 e. The molecule has 3 rings (SSSR count). The molecule has 0 aliphatic heterocycles. The van der Waals surface area contributed by atoms with Crippen molar-refractivity contribution in [2.75, 3.05) is 11.9 Å². The van der Waals surface area contributed by atoms with Gasteiger partial charge in [-0.2, -0.15) is 5.10 Å². The Morgan fingerprint density at radius 3 is 2.69 bits per heavy atom. The lowest BCUT2D eigenvalue weighted by Crippen LogP contribution is -2.41. The summed E-state index contributed by atoms with van der Waals surface area (Å²) in [5.74, 6) is 0.178. The maximum Gasteiger partial charge on any atom is 0.267 e. The summed E-state index contributed by atoms with van der Waals surface area (Å²) in [6, 6.07) is 10.8. The van der Waals surface area contributed by atoms with Crippen molar-refractivity contribution in [2.24, 2.45) is 5.73 Å². The minimum Gasteiger partial charge on any atom is -0.330 e. The van der Waals surface area contributed by atoms with Gasteiger partial charge in [-0.05, 0) is 49.4 Å². The van der Waals surface area contributed by atoms with Gasteiger partial charge in [0.1, 0.15) is 0 Å². The van der Waals surface area contributed by atoms with E-state index < -0.39 is 0 Å². The average Bonchev–Trinajstić information content (AvgIpc) is 2.63. The Morgan fingerprint density at radius 1 is 1.35 bits per heavy atom. The first kappa shape index (κ1) is 18.6. The van der Waals surface area contributed by atoms with E-state index in [9.17, 15) is 9.59 Å². The number of rotatable bonds is 4. The predicted molar refractivity (Wildman–Crippen MR) is 102 cm³/mol. The summed E-state index contributed by atoms with van der Waals surface area (Å²) >= 11 is 6.16. The molecule has 1 aromatic carbocycles. The van der Waals surface area contributed by atoms with Crippen molar-refractivity contribution >= 4 is 23.3 Å². The minimum atomic E-state index is -0.213. The van der Waals surface area contributed by atoms with Crippen LogP contribution in [0, 0.1) is 0 Å². The Bertz CT molecular complexity index is 857. The molecule has 0 atom stereocenters. The second kappa shape index (κ2) is 7.60. The van der Waals surface area contributed by atoms with Crippen molar-refractivity contribution in [1.82, 2.24) is 9.78 Å². The molecule has 7 heteroatoms. The van der Waals surface area contributed by atoms with E-state index in [1.54, 1.807) is 0 Å². The normalized spacial score (nSPS) is 22.8. The highest BCUT2D eigenvalue weighted by Crippen LogP contribution is 2.42. The molecule has 1 aromatic heterocycles. The first-order valence-corrected chi connectivity index (χ1v) is 9.15. The van der Waals surface area contributed by atoms with Gasteiger partial charge in [0.15, 0.2) is 5.82 Å². The number of aromatic nitrogens is 2. The monoisotopic (exact) mass is 374 g/mol. The number of carbonyl (C=O) groups excluding carboxylic acids is 1. The van der Waals surface area contributed by atoms with Gasteiger partial charge >= 0.3 is 0 Å². The van der Waals surface area contributed by atoms with Crippen molar-refractivity contribution in [3.8, 4) is 0 Å². The van der Waals surface area contributed by atoms with E-state index in [1.807, 2.05) is 18.2 Å². The Labute approximate surface area is 157 Å². The Hall–Kier alpha value is -2.18. The van der Waals surface area contributed by atoms with E-state index in [0.717, 1.165) is 31.2 Å². The lowest BCUT2D eigenvalue weighted by atomic mass is 9.68. The molecule has 1 saturated carbocycles. The lowest BCUT2D eigenvalue weighted by molar-refractivity contribution is -0.114. The average molecular weight is 375 g/mol. The predicted octanol–water partition coefficient (Wildman–Crippen LogP) is 2.87. The summed E-state index contributed by atoms with van der Waals surface area (Å²) in [4.78, 5) is 23.5. The SMILES string of the molecule is CC(=O)Nc1ccc(=O)n(C2CCC(CN)(c3cccc(Cl)c3)CC2)n1. The molecule has 0 unspecified atom stereocenters. The summed E-state index contributed by atoms with van der Waals surface area (Å²) in [5, 5.41) is 7.65. The zero-order valence-electron chi connectivity index (χ0n) is 14.7. The van der Waals surface area contributed by atoms with E-state index >= 15 is 0 Å². The standard InChI is InChI=1S/C19H23ClN4O2/c1-13(25)22-17-5-6-18(26)24(23-17)16-7-9-19(12-21,10-8-16)14-3-2-4-15(20)11-14/h2-6,11,16H,7-10,12,21H2,1H3,(H,22,23,25). The van der Waals surface area contributed by atoms with Crippen LogP contribution in [0.4, 0.5) is 5.82 Å². The van der Waals surface area contributed by atoms with Gasteiger partial charge in [0.25, 0.3) is 5.56 Å². The molecule has 0 bridgehead atoms. The number of carbonyl (C=O) groups is 1. The Kier molecular flexibility index (Phi) is 5.44. The molecule has 3 N–H and O–H groups in total. The molecule has 1 amide bonds. The molecule has 138 valence electrons. The van der Waals surface area contributed by atoms with Crippen LogP contribution in [0.25, 0.3) is 0 Å². The third kappa shape index (κ3) is 3.81. The summed E-state index contributed by atoms with van der Waals surface area (Å²) in [5.41, 5.74) is 7.00. The summed E-state index contributed by atoms with van der Waals surface area (Å²) < 4.78 is 1.49. The van der Waals surface area contributed by atoms with Gasteiger partial charge in [0.05, 0.1) is 6.04 Å². The fraction of sp³-hybridized carbons (Fsp3) is 0.421. The van der Waals surface area contributed by atoms with Crippen LogP contribution in [-0.4, -0.2) is 22.2 Å². The van der Waals surface area contributed by atoms with Crippen LogP contribution in [0.1, 0.15) is 44.2 Å². The molecule has 0 radical (unpaired) electrons. The van der Waals surface area contributed by atoms with Crippen molar-refractivity contribution in [3.05, 3.63) is 57.3 Å². The maximum atomic E-state index is 12.2. The van der Waals surface area contributed by atoms with Crippen LogP contribution in [0.3, 0.4) is 0 Å². The maximum absolute atomic E-state index is 12.2. The van der Waals surface area contributed by atoms with Crippen molar-refractivity contribution in [3.63, 3.8) is 0 Å². The highest BCUT2D eigenvalue weighted by molar-refractivity contribution is 6.30. The highest BCUT2D eigenvalue weighted by Gasteiger charge is 2.37. The van der Waals surface area contributed by atoms with Gasteiger partial charge in [-0.25, -0.2) is 4.68 Å². The lowest BCUT2D eigenvalue weighted by Gasteiger charge is -2.40. The molecule has 6 nitrogen and oxygen atoms in total. The number of benzene rings is 1. The van der Waals surface area contributed by atoms with E-state index in [4.69, 9.17) is 17.3 Å². The Balaban J connectivity index is 1.81. The minimum absolute atomic E-state index is 0.00457. The third-order valence-corrected chi connectivity index (χ3v) is 5.45. The van der Waals surface area contributed by atoms with Gasteiger partial charge in [0.2, 0.25) is 5.91 Å². The van der Waals surface area contributed by atoms with E-state index in [2.05, 4.69) is 16.5 Å². The molecular weight excluding hydrogens is 352 g/mol. The van der Waals surface area contributed by atoms with Crippen LogP contribution in [-0.2, 0) is 10.2 Å². The number of nitrogens with one attached hydrogen (secondary N) is 1. The van der Waals surface area contributed by atoms with Crippen LogP contribution < -0.4 is 16.6 Å². The van der Waals surface area contributed by atoms with Crippen LogP contribution >= 0.6 is 11.6 Å². The zero-order chi connectivity index (χ0) is 18.7. The van der Waals surface area contributed by atoms with Gasteiger partial charge in [-0.1, -0.05) is 23.7 Å². The molecule has 26 heavy (non-hydrogen) atoms. The molecule has 1 aliphatic carbocycles. The van der Waals surface area contributed by atoms with Gasteiger partial charge < -0.3 is 11.1 Å². The van der Waals surface area contributed by atoms with Crippen molar-refractivity contribution in [1.29, 1.82) is 0 Å².